The summed E-state index contributed by atoms with van der Waals surface area (Å²) in [7, 11) is 1.59. The fraction of sp³-hybridized carbons (Fsp3) is 0.100. The van der Waals surface area contributed by atoms with Gasteiger partial charge in [-0.2, -0.15) is 0 Å². The number of oxazole rings is 1. The first-order valence-electron chi connectivity index (χ1n) is 8.03. The van der Waals surface area contributed by atoms with Crippen molar-refractivity contribution in [1.29, 1.82) is 0 Å². The maximum absolute atomic E-state index is 12.9. The number of furan rings is 1. The van der Waals surface area contributed by atoms with E-state index in [-0.39, 0.29) is 5.91 Å². The van der Waals surface area contributed by atoms with Crippen molar-refractivity contribution in [2.75, 3.05) is 12.4 Å². The molecule has 1 N–H and O–H groups in total. The van der Waals surface area contributed by atoms with Crippen molar-refractivity contribution < 1.29 is 18.4 Å². The van der Waals surface area contributed by atoms with E-state index in [1.165, 1.54) is 6.39 Å². The summed E-state index contributed by atoms with van der Waals surface area (Å²) in [5, 5.41) is 3.63. The topological polar surface area (TPSA) is 77.5 Å². The van der Waals surface area contributed by atoms with Crippen LogP contribution in [-0.2, 0) is 0 Å². The molecule has 0 radical (unpaired) electrons. The highest BCUT2D eigenvalue weighted by Gasteiger charge is 2.19. The van der Waals surface area contributed by atoms with Gasteiger partial charge in [0.15, 0.2) is 12.2 Å². The van der Waals surface area contributed by atoms with Gasteiger partial charge in [0.25, 0.3) is 5.91 Å². The van der Waals surface area contributed by atoms with Gasteiger partial charge in [-0.1, -0.05) is 12.1 Å². The zero-order valence-electron chi connectivity index (χ0n) is 14.3. The van der Waals surface area contributed by atoms with E-state index in [4.69, 9.17) is 13.6 Å². The normalized spacial score (nSPS) is 10.8. The molecule has 130 valence electrons. The summed E-state index contributed by atoms with van der Waals surface area (Å²) in [6.45, 7) is 1.77. The molecular weight excluding hydrogens is 332 g/mol. The number of ether oxygens (including phenoxy) is 1. The fourth-order valence-electron chi connectivity index (χ4n) is 2.91. The summed E-state index contributed by atoms with van der Waals surface area (Å²) in [5.41, 5.74) is 2.61. The van der Waals surface area contributed by atoms with Crippen molar-refractivity contribution in [3.8, 4) is 17.1 Å². The first-order chi connectivity index (χ1) is 12.7. The third kappa shape index (κ3) is 2.82. The zero-order valence-corrected chi connectivity index (χ0v) is 14.3. The van der Waals surface area contributed by atoms with Crippen LogP contribution in [0.3, 0.4) is 0 Å². The van der Waals surface area contributed by atoms with Crippen LogP contribution in [0.5, 0.6) is 5.75 Å². The number of carbonyl (C=O) groups is 1. The van der Waals surface area contributed by atoms with Crippen LogP contribution in [0.1, 0.15) is 16.1 Å². The molecule has 6 heteroatoms. The van der Waals surface area contributed by atoms with E-state index in [0.29, 0.717) is 39.5 Å². The lowest BCUT2D eigenvalue weighted by Gasteiger charge is -2.07. The van der Waals surface area contributed by atoms with Crippen LogP contribution in [0.25, 0.3) is 22.3 Å². The van der Waals surface area contributed by atoms with Crippen LogP contribution in [-0.4, -0.2) is 18.0 Å². The van der Waals surface area contributed by atoms with Gasteiger partial charge < -0.3 is 18.9 Å². The molecule has 2 aromatic heterocycles. The van der Waals surface area contributed by atoms with E-state index in [1.807, 2.05) is 24.3 Å². The lowest BCUT2D eigenvalue weighted by atomic mass is 10.1. The Labute approximate surface area is 149 Å². The maximum Gasteiger partial charge on any atom is 0.259 e. The van der Waals surface area contributed by atoms with Crippen LogP contribution in [0.4, 0.5) is 5.69 Å². The highest BCUT2D eigenvalue weighted by Crippen LogP contribution is 2.30. The molecule has 6 nitrogen and oxygen atoms in total. The van der Waals surface area contributed by atoms with E-state index >= 15 is 0 Å². The lowest BCUT2D eigenvalue weighted by Crippen LogP contribution is -2.12. The van der Waals surface area contributed by atoms with Gasteiger partial charge >= 0.3 is 0 Å². The standard InChI is InChI=1S/C20H16N2O4/c1-12-19(16-9-15(24-2)6-7-17(16)26-12)20(23)22-14-5-3-4-13(8-14)18-10-21-11-25-18/h3-11H,1-2H3,(H,22,23). The maximum atomic E-state index is 12.9. The number of rotatable bonds is 4. The van der Waals surface area contributed by atoms with Crippen LogP contribution >= 0.6 is 0 Å². The molecule has 0 saturated carbocycles. The Kier molecular flexibility index (Phi) is 3.93. The van der Waals surface area contributed by atoms with Crippen molar-refractivity contribution in [2.45, 2.75) is 6.92 Å². The zero-order chi connectivity index (χ0) is 18.1. The Morgan fingerprint density at radius 2 is 2.08 bits per heavy atom. The molecule has 4 aromatic rings. The van der Waals surface area contributed by atoms with Crippen LogP contribution < -0.4 is 10.1 Å². The van der Waals surface area contributed by atoms with E-state index in [2.05, 4.69) is 10.3 Å². The smallest absolute Gasteiger partial charge is 0.259 e. The molecule has 0 aliphatic heterocycles. The van der Waals surface area contributed by atoms with Crippen molar-refractivity contribution in [2.24, 2.45) is 0 Å². The Hall–Kier alpha value is -3.54. The first-order valence-corrected chi connectivity index (χ1v) is 8.03. The second-order valence-corrected chi connectivity index (χ2v) is 5.80. The van der Waals surface area contributed by atoms with Gasteiger partial charge in [-0.25, -0.2) is 4.98 Å². The molecule has 0 atom stereocenters. The predicted molar refractivity (Wildman–Crippen MR) is 97.4 cm³/mol. The van der Waals surface area contributed by atoms with Gasteiger partial charge in [-0.3, -0.25) is 4.79 Å². The minimum absolute atomic E-state index is 0.246. The summed E-state index contributed by atoms with van der Waals surface area (Å²) in [4.78, 5) is 16.8. The van der Waals surface area contributed by atoms with E-state index in [9.17, 15) is 4.79 Å². The van der Waals surface area contributed by atoms with Crippen LogP contribution in [0.15, 0.2) is 63.9 Å². The molecule has 0 spiro atoms. The third-order valence-corrected chi connectivity index (χ3v) is 4.14. The summed E-state index contributed by atoms with van der Waals surface area (Å²) >= 11 is 0. The monoisotopic (exact) mass is 348 g/mol. The number of anilines is 1. The minimum atomic E-state index is -0.246. The number of nitrogens with one attached hydrogen (secondary N) is 1. The molecule has 0 unspecified atom stereocenters. The number of methoxy groups -OCH3 is 1. The van der Waals surface area contributed by atoms with E-state index in [1.54, 1.807) is 38.4 Å². The quantitative estimate of drug-likeness (QED) is 0.580. The number of amides is 1. The molecule has 0 fully saturated rings. The molecule has 2 heterocycles. The van der Waals surface area contributed by atoms with Crippen molar-refractivity contribution >= 4 is 22.6 Å². The highest BCUT2D eigenvalue weighted by atomic mass is 16.5. The SMILES string of the molecule is COc1ccc2oc(C)c(C(=O)Nc3cccc(-c4cnco4)c3)c2c1. The Bertz CT molecular complexity index is 1080. The second kappa shape index (κ2) is 6.40. The first kappa shape index (κ1) is 16.0. The number of aromatic nitrogens is 1. The number of hydrogen-bond acceptors (Lipinski definition) is 5. The van der Waals surface area contributed by atoms with Crippen LogP contribution in [0.2, 0.25) is 0 Å². The van der Waals surface area contributed by atoms with Crippen molar-refractivity contribution in [3.05, 3.63) is 66.4 Å². The summed E-state index contributed by atoms with van der Waals surface area (Å²) in [5.74, 6) is 1.61. The van der Waals surface area contributed by atoms with Crippen molar-refractivity contribution in [3.63, 3.8) is 0 Å². The minimum Gasteiger partial charge on any atom is -0.497 e. The number of aryl methyl sites for hydroxylation is 1. The van der Waals surface area contributed by atoms with Gasteiger partial charge in [0, 0.05) is 16.6 Å². The number of benzene rings is 2. The molecule has 0 saturated heterocycles. The molecule has 0 aliphatic carbocycles. The number of fused-ring (bicyclic) bond motifs is 1. The summed E-state index contributed by atoms with van der Waals surface area (Å²) in [6.07, 6.45) is 3.00. The molecule has 2 aromatic carbocycles. The van der Waals surface area contributed by atoms with Gasteiger partial charge in [0.1, 0.15) is 17.1 Å². The average Bonchev–Trinajstić information content (AvgIpc) is 3.28. The lowest BCUT2D eigenvalue weighted by molar-refractivity contribution is 0.102. The Morgan fingerprint density at radius 1 is 1.19 bits per heavy atom. The average molecular weight is 348 g/mol. The van der Waals surface area contributed by atoms with Gasteiger partial charge in [-0.15, -0.1) is 0 Å². The van der Waals surface area contributed by atoms with E-state index < -0.39 is 0 Å². The Morgan fingerprint density at radius 3 is 2.85 bits per heavy atom. The van der Waals surface area contributed by atoms with Gasteiger partial charge in [0.05, 0.1) is 18.9 Å². The highest BCUT2D eigenvalue weighted by molar-refractivity contribution is 6.13. The predicted octanol–water partition coefficient (Wildman–Crippen LogP) is 4.66. The molecule has 26 heavy (non-hydrogen) atoms. The molecular formula is C20H16N2O4. The number of carbonyl (C=O) groups excluding carboxylic acids is 1. The number of hydrogen-bond donors (Lipinski definition) is 1. The van der Waals surface area contributed by atoms with Gasteiger partial charge in [0.2, 0.25) is 0 Å². The van der Waals surface area contributed by atoms with Gasteiger partial charge in [-0.05, 0) is 37.3 Å². The molecule has 1 amide bonds. The summed E-state index contributed by atoms with van der Waals surface area (Å²) in [6, 6.07) is 12.8. The summed E-state index contributed by atoms with van der Waals surface area (Å²) < 4.78 is 16.3. The second-order valence-electron chi connectivity index (χ2n) is 5.80. The fourth-order valence-corrected chi connectivity index (χ4v) is 2.91. The molecule has 0 aliphatic rings. The van der Waals surface area contributed by atoms with Crippen LogP contribution in [0, 0.1) is 6.92 Å². The third-order valence-electron chi connectivity index (χ3n) is 4.14. The molecule has 0 bridgehead atoms. The molecule has 4 rings (SSSR count). The number of nitrogens with zero attached hydrogens (tertiary/aromatic N) is 1. The Balaban J connectivity index is 1.68. The largest absolute Gasteiger partial charge is 0.497 e. The van der Waals surface area contributed by atoms with Crippen molar-refractivity contribution in [1.82, 2.24) is 4.98 Å². The van der Waals surface area contributed by atoms with E-state index in [0.717, 1.165) is 5.56 Å².